The van der Waals surface area contributed by atoms with Crippen LogP contribution in [0.2, 0.25) is 0 Å². The average Bonchev–Trinajstić information content (AvgIpc) is 3.05. The number of nitrogens with one attached hydrogen (secondary N) is 1. The summed E-state index contributed by atoms with van der Waals surface area (Å²) in [7, 11) is 0. The third kappa shape index (κ3) is 4.51. The Bertz CT molecular complexity index is 490. The number of likely N-dealkylation sites (tertiary alicyclic amines) is 1. The highest BCUT2D eigenvalue weighted by Gasteiger charge is 2.29. The molecule has 1 atom stereocenters. The quantitative estimate of drug-likeness (QED) is 0.928. The molecule has 0 spiro atoms. The van der Waals surface area contributed by atoms with E-state index in [2.05, 4.69) is 5.32 Å². The van der Waals surface area contributed by atoms with Crippen molar-refractivity contribution in [2.24, 2.45) is 5.92 Å². The lowest BCUT2D eigenvalue weighted by atomic mass is 10.1. The zero-order valence-corrected chi connectivity index (χ0v) is 12.7. The van der Waals surface area contributed by atoms with Gasteiger partial charge in [-0.3, -0.25) is 4.79 Å². The molecule has 1 saturated heterocycles. The molecule has 1 aliphatic rings. The van der Waals surface area contributed by atoms with Crippen LogP contribution in [0, 0.1) is 5.92 Å². The van der Waals surface area contributed by atoms with Crippen molar-refractivity contribution in [2.75, 3.05) is 19.6 Å². The summed E-state index contributed by atoms with van der Waals surface area (Å²) in [5.74, 6) is 0.323. The van der Waals surface area contributed by atoms with Gasteiger partial charge in [0.25, 0.3) is 5.91 Å². The number of hydrogen-bond acceptors (Lipinski definition) is 4. The summed E-state index contributed by atoms with van der Waals surface area (Å²) in [4.78, 5) is 25.4. The first kappa shape index (κ1) is 15.4. The fourth-order valence-corrected chi connectivity index (χ4v) is 2.22. The fraction of sp³-hybridized carbons (Fsp3) is 0.600. The summed E-state index contributed by atoms with van der Waals surface area (Å²) in [6.45, 7) is 7.34. The third-order valence-electron chi connectivity index (χ3n) is 3.23. The molecule has 2 rings (SSSR count). The van der Waals surface area contributed by atoms with Crippen LogP contribution in [-0.2, 0) is 4.74 Å². The third-order valence-corrected chi connectivity index (χ3v) is 3.23. The first-order chi connectivity index (χ1) is 9.85. The summed E-state index contributed by atoms with van der Waals surface area (Å²) in [6.07, 6.45) is 2.04. The van der Waals surface area contributed by atoms with Gasteiger partial charge in [0.2, 0.25) is 0 Å². The van der Waals surface area contributed by atoms with E-state index in [0.717, 1.165) is 6.42 Å². The normalized spacial score (nSPS) is 18.6. The van der Waals surface area contributed by atoms with Gasteiger partial charge in [-0.25, -0.2) is 4.79 Å². The molecule has 1 fully saturated rings. The summed E-state index contributed by atoms with van der Waals surface area (Å²) in [5, 5.41) is 2.82. The second-order valence-electron chi connectivity index (χ2n) is 6.27. The molecule has 2 heterocycles. The summed E-state index contributed by atoms with van der Waals surface area (Å²) in [6, 6.07) is 3.30. The average molecular weight is 294 g/mol. The monoisotopic (exact) mass is 294 g/mol. The maximum atomic E-state index is 11.9. The SMILES string of the molecule is CC(C)(C)OC(=O)N1CCC(CNC(=O)c2ccco2)C1. The fourth-order valence-electron chi connectivity index (χ4n) is 2.22. The van der Waals surface area contributed by atoms with Crippen LogP contribution in [-0.4, -0.2) is 42.1 Å². The van der Waals surface area contributed by atoms with Crippen LogP contribution < -0.4 is 5.32 Å². The van der Waals surface area contributed by atoms with Gasteiger partial charge in [-0.1, -0.05) is 0 Å². The Morgan fingerprint density at radius 2 is 2.24 bits per heavy atom. The lowest BCUT2D eigenvalue weighted by molar-refractivity contribution is 0.0288. The molecule has 0 radical (unpaired) electrons. The van der Waals surface area contributed by atoms with E-state index in [1.807, 2.05) is 20.8 Å². The number of rotatable bonds is 3. The minimum Gasteiger partial charge on any atom is -0.459 e. The molecular formula is C15H22N2O4. The number of amides is 2. The predicted molar refractivity (Wildman–Crippen MR) is 77.0 cm³/mol. The van der Waals surface area contributed by atoms with E-state index >= 15 is 0 Å². The lowest BCUT2D eigenvalue weighted by Crippen LogP contribution is -2.36. The minimum atomic E-state index is -0.483. The highest BCUT2D eigenvalue weighted by molar-refractivity contribution is 5.91. The Morgan fingerprint density at radius 1 is 1.48 bits per heavy atom. The van der Waals surface area contributed by atoms with Crippen molar-refractivity contribution < 1.29 is 18.7 Å². The van der Waals surface area contributed by atoms with Crippen LogP contribution in [0.15, 0.2) is 22.8 Å². The van der Waals surface area contributed by atoms with E-state index in [-0.39, 0.29) is 17.9 Å². The number of hydrogen-bond donors (Lipinski definition) is 1. The smallest absolute Gasteiger partial charge is 0.410 e. The highest BCUT2D eigenvalue weighted by atomic mass is 16.6. The first-order valence-corrected chi connectivity index (χ1v) is 7.15. The van der Waals surface area contributed by atoms with Crippen LogP contribution in [0.1, 0.15) is 37.7 Å². The van der Waals surface area contributed by atoms with Gasteiger partial charge in [0, 0.05) is 19.6 Å². The van der Waals surface area contributed by atoms with Crippen LogP contribution in [0.4, 0.5) is 4.79 Å². The van der Waals surface area contributed by atoms with E-state index in [4.69, 9.17) is 9.15 Å². The zero-order chi connectivity index (χ0) is 15.5. The maximum Gasteiger partial charge on any atom is 0.410 e. The predicted octanol–water partition coefficient (Wildman–Crippen LogP) is 2.27. The molecule has 0 aliphatic carbocycles. The molecule has 2 amide bonds. The Kier molecular flexibility index (Phi) is 4.55. The summed E-state index contributed by atoms with van der Waals surface area (Å²) < 4.78 is 10.4. The van der Waals surface area contributed by atoms with Crippen molar-refractivity contribution in [1.82, 2.24) is 10.2 Å². The van der Waals surface area contributed by atoms with Crippen LogP contribution in [0.3, 0.4) is 0 Å². The van der Waals surface area contributed by atoms with Crippen LogP contribution in [0.5, 0.6) is 0 Å². The second kappa shape index (κ2) is 6.20. The standard InChI is InChI=1S/C15H22N2O4/c1-15(2,3)21-14(19)17-7-6-11(10-17)9-16-13(18)12-5-4-8-20-12/h4-5,8,11H,6-7,9-10H2,1-3H3,(H,16,18). The molecule has 0 aromatic carbocycles. The molecule has 116 valence electrons. The maximum absolute atomic E-state index is 11.9. The number of carbonyl (C=O) groups excluding carboxylic acids is 2. The van der Waals surface area contributed by atoms with Crippen LogP contribution in [0.25, 0.3) is 0 Å². The molecule has 0 bridgehead atoms. The number of furan rings is 1. The molecule has 6 nitrogen and oxygen atoms in total. The van der Waals surface area contributed by atoms with Gasteiger partial charge in [-0.2, -0.15) is 0 Å². The molecule has 6 heteroatoms. The molecular weight excluding hydrogens is 272 g/mol. The van der Waals surface area contributed by atoms with E-state index in [0.29, 0.717) is 25.4 Å². The van der Waals surface area contributed by atoms with Crippen molar-refractivity contribution in [1.29, 1.82) is 0 Å². The van der Waals surface area contributed by atoms with Gasteiger partial charge in [0.05, 0.1) is 6.26 Å². The van der Waals surface area contributed by atoms with Crippen molar-refractivity contribution in [2.45, 2.75) is 32.8 Å². The highest BCUT2D eigenvalue weighted by Crippen LogP contribution is 2.19. The molecule has 1 aromatic heterocycles. The molecule has 1 unspecified atom stereocenters. The number of carbonyl (C=O) groups is 2. The topological polar surface area (TPSA) is 71.8 Å². The van der Waals surface area contributed by atoms with Crippen molar-refractivity contribution in [3.8, 4) is 0 Å². The number of nitrogens with zero attached hydrogens (tertiary/aromatic N) is 1. The molecule has 1 N–H and O–H groups in total. The van der Waals surface area contributed by atoms with Gasteiger partial charge in [-0.05, 0) is 45.2 Å². The molecule has 0 saturated carbocycles. The van der Waals surface area contributed by atoms with E-state index in [1.165, 1.54) is 6.26 Å². The number of ether oxygens (including phenoxy) is 1. The molecule has 1 aromatic rings. The van der Waals surface area contributed by atoms with E-state index < -0.39 is 5.60 Å². The molecule has 1 aliphatic heterocycles. The minimum absolute atomic E-state index is 0.226. The summed E-state index contributed by atoms with van der Waals surface area (Å²) >= 11 is 0. The van der Waals surface area contributed by atoms with Crippen LogP contribution >= 0.6 is 0 Å². The van der Waals surface area contributed by atoms with Gasteiger partial charge < -0.3 is 19.4 Å². The first-order valence-electron chi connectivity index (χ1n) is 7.15. The van der Waals surface area contributed by atoms with Gasteiger partial charge >= 0.3 is 6.09 Å². The largest absolute Gasteiger partial charge is 0.459 e. The Labute approximate surface area is 124 Å². The van der Waals surface area contributed by atoms with Gasteiger partial charge in [0.1, 0.15) is 5.60 Å². The Balaban J connectivity index is 1.75. The lowest BCUT2D eigenvalue weighted by Gasteiger charge is -2.24. The van der Waals surface area contributed by atoms with Gasteiger partial charge in [-0.15, -0.1) is 0 Å². The summed E-state index contributed by atoms with van der Waals surface area (Å²) in [5.41, 5.74) is -0.483. The Hall–Kier alpha value is -1.98. The van der Waals surface area contributed by atoms with Crippen molar-refractivity contribution in [3.63, 3.8) is 0 Å². The van der Waals surface area contributed by atoms with Gasteiger partial charge in [0.15, 0.2) is 5.76 Å². The van der Waals surface area contributed by atoms with E-state index in [9.17, 15) is 9.59 Å². The second-order valence-corrected chi connectivity index (χ2v) is 6.27. The zero-order valence-electron chi connectivity index (χ0n) is 12.7. The van der Waals surface area contributed by atoms with E-state index in [1.54, 1.807) is 17.0 Å². The Morgan fingerprint density at radius 3 is 2.86 bits per heavy atom. The molecule has 21 heavy (non-hydrogen) atoms. The van der Waals surface area contributed by atoms with Crippen molar-refractivity contribution in [3.05, 3.63) is 24.2 Å². The van der Waals surface area contributed by atoms with Crippen molar-refractivity contribution >= 4 is 12.0 Å².